The van der Waals surface area contributed by atoms with E-state index < -0.39 is 34.5 Å². The molecule has 5 N–H and O–H groups in total. The minimum Gasteiger partial charge on any atom is -0.481 e. The summed E-state index contributed by atoms with van der Waals surface area (Å²) < 4.78 is 48.3. The molecule has 0 atom stereocenters. The third-order valence-electron chi connectivity index (χ3n) is 5.40. The average molecular weight is 641 g/mol. The maximum atomic E-state index is 12.7. The van der Waals surface area contributed by atoms with E-state index in [2.05, 4.69) is 20.3 Å². The second kappa shape index (κ2) is 19.9. The first-order valence-corrected chi connectivity index (χ1v) is 14.9. The normalized spacial score (nSPS) is 11.1. The van der Waals surface area contributed by atoms with Crippen molar-refractivity contribution >= 4 is 39.6 Å². The second-order valence-corrected chi connectivity index (χ2v) is 10.6. The van der Waals surface area contributed by atoms with Gasteiger partial charge in [0, 0.05) is 25.7 Å². The molecule has 17 heteroatoms. The molecular weight excluding hydrogens is 604 g/mol. The van der Waals surface area contributed by atoms with Crippen molar-refractivity contribution in [2.45, 2.75) is 17.7 Å². The molecule has 1 aromatic carbocycles. The van der Waals surface area contributed by atoms with Crippen molar-refractivity contribution in [1.29, 1.82) is 0 Å². The number of amides is 2. The Morgan fingerprint density at radius 2 is 1.43 bits per heavy atom. The van der Waals surface area contributed by atoms with Crippen LogP contribution in [0.4, 0.5) is 5.82 Å². The van der Waals surface area contributed by atoms with E-state index in [9.17, 15) is 27.6 Å². The fourth-order valence-electron chi connectivity index (χ4n) is 3.32. The van der Waals surface area contributed by atoms with Crippen molar-refractivity contribution in [3.8, 4) is 0 Å². The topological polar surface area (TPSA) is 229 Å². The minimum absolute atomic E-state index is 0.00269. The van der Waals surface area contributed by atoms with Crippen molar-refractivity contribution in [2.75, 3.05) is 70.7 Å². The molecule has 0 aliphatic heterocycles. The Morgan fingerprint density at radius 1 is 0.773 bits per heavy atom. The first-order chi connectivity index (χ1) is 21.1. The number of rotatable bonds is 23. The molecular formula is C27H36N4O12S. The largest absolute Gasteiger partial charge is 0.481 e. The number of nitrogens with zero attached hydrogens (tertiary/aromatic N) is 1. The molecule has 0 aliphatic rings. The van der Waals surface area contributed by atoms with Crippen LogP contribution in [0.5, 0.6) is 0 Å². The van der Waals surface area contributed by atoms with Crippen molar-refractivity contribution in [3.05, 3.63) is 53.7 Å². The summed E-state index contributed by atoms with van der Waals surface area (Å²) in [4.78, 5) is 49.0. The van der Waals surface area contributed by atoms with Gasteiger partial charge in [0.25, 0.3) is 15.9 Å². The van der Waals surface area contributed by atoms with Gasteiger partial charge in [-0.15, -0.1) is 0 Å². The smallest absolute Gasteiger partial charge is 0.329 e. The zero-order valence-corrected chi connectivity index (χ0v) is 24.7. The number of pyridine rings is 1. The maximum Gasteiger partial charge on any atom is 0.329 e. The number of benzene rings is 1. The molecule has 16 nitrogen and oxygen atoms in total. The van der Waals surface area contributed by atoms with Gasteiger partial charge in [0.2, 0.25) is 5.91 Å². The molecule has 0 aliphatic carbocycles. The Hall–Kier alpha value is -4.16. The third kappa shape index (κ3) is 15.4. The molecule has 2 amide bonds. The summed E-state index contributed by atoms with van der Waals surface area (Å²) in [7, 11) is -3.98. The van der Waals surface area contributed by atoms with Crippen LogP contribution in [-0.4, -0.2) is 113 Å². The van der Waals surface area contributed by atoms with E-state index in [1.54, 1.807) is 6.07 Å². The van der Waals surface area contributed by atoms with Crippen LogP contribution in [0.3, 0.4) is 0 Å². The lowest BCUT2D eigenvalue weighted by molar-refractivity contribution is -0.142. The van der Waals surface area contributed by atoms with Crippen LogP contribution in [0, 0.1) is 0 Å². The molecule has 0 bridgehead atoms. The number of sulfonamides is 1. The lowest BCUT2D eigenvalue weighted by atomic mass is 10.1. The molecule has 44 heavy (non-hydrogen) atoms. The van der Waals surface area contributed by atoms with Gasteiger partial charge >= 0.3 is 11.9 Å². The fraction of sp³-hybridized carbons (Fsp3) is 0.444. The van der Waals surface area contributed by atoms with Gasteiger partial charge in [-0.3, -0.25) is 19.1 Å². The summed E-state index contributed by atoms with van der Waals surface area (Å²) in [5.41, 5.74) is 0.767. The highest BCUT2D eigenvalue weighted by Crippen LogP contribution is 2.17. The second-order valence-electron chi connectivity index (χ2n) is 8.91. The number of hydrogen-bond donors (Lipinski definition) is 5. The Kier molecular flexibility index (Phi) is 16.3. The first-order valence-electron chi connectivity index (χ1n) is 13.4. The Morgan fingerprint density at radius 3 is 2.07 bits per heavy atom. The monoisotopic (exact) mass is 640 g/mol. The van der Waals surface area contributed by atoms with E-state index in [4.69, 9.17) is 29.2 Å². The van der Waals surface area contributed by atoms with Crippen LogP contribution in [-0.2, 0) is 49.8 Å². The summed E-state index contributed by atoms with van der Waals surface area (Å²) in [5.74, 6) is -2.81. The Balaban J connectivity index is 1.57. The van der Waals surface area contributed by atoms with E-state index in [1.165, 1.54) is 36.5 Å². The number of carbonyl (C=O) groups excluding carboxylic acids is 2. The van der Waals surface area contributed by atoms with Gasteiger partial charge in [0.05, 0.1) is 50.1 Å². The number of carboxylic acid groups (broad SMARTS) is 2. The molecule has 2 aromatic rings. The first kappa shape index (κ1) is 36.0. The molecule has 1 heterocycles. The van der Waals surface area contributed by atoms with Crippen LogP contribution < -0.4 is 15.4 Å². The zero-order chi connectivity index (χ0) is 32.2. The zero-order valence-electron chi connectivity index (χ0n) is 23.9. The Labute approximate surface area is 254 Å². The highest BCUT2D eigenvalue weighted by Gasteiger charge is 2.16. The van der Waals surface area contributed by atoms with E-state index in [0.717, 1.165) is 0 Å². The van der Waals surface area contributed by atoms with Gasteiger partial charge in [-0.05, 0) is 36.2 Å². The SMILES string of the molecule is O=C(O)CCc1cccc(S(=O)(=O)Nc2ccc(C(=O)NCCOCCOCC(=O)NCCOCCOCC(=O)O)cn2)c1. The van der Waals surface area contributed by atoms with Gasteiger partial charge in [-0.1, -0.05) is 12.1 Å². The maximum absolute atomic E-state index is 12.7. The molecule has 0 fully saturated rings. The van der Waals surface area contributed by atoms with E-state index in [1.807, 2.05) is 0 Å². The number of anilines is 1. The van der Waals surface area contributed by atoms with Crippen LogP contribution in [0.2, 0.25) is 0 Å². The van der Waals surface area contributed by atoms with Crippen LogP contribution in [0.15, 0.2) is 47.5 Å². The number of ether oxygens (including phenoxy) is 4. The number of carboxylic acids is 2. The van der Waals surface area contributed by atoms with E-state index in [0.29, 0.717) is 5.56 Å². The summed E-state index contributed by atoms with van der Waals surface area (Å²) in [5, 5.41) is 22.5. The average Bonchev–Trinajstić information content (AvgIpc) is 2.98. The molecule has 2 rings (SSSR count). The molecule has 0 unspecified atom stereocenters. The number of hydrogen-bond acceptors (Lipinski definition) is 11. The standard InChI is InChI=1S/C27H36N4O12S/c32-24(28-8-10-40-13-15-43-19-26(35)36)18-42-14-12-41-11-9-29-27(37)21-5-6-23(30-17-21)31-44(38,39)22-3-1-2-20(16-22)4-7-25(33)34/h1-3,5-6,16-17H,4,7-15,18-19H2,(H,28,32)(H,29,37)(H,30,31)(H,33,34)(H,35,36). The van der Waals surface area contributed by atoms with Crippen molar-refractivity contribution in [2.24, 2.45) is 0 Å². The third-order valence-corrected chi connectivity index (χ3v) is 6.76. The quantitative estimate of drug-likeness (QED) is 0.100. The molecule has 1 aromatic heterocycles. The van der Waals surface area contributed by atoms with E-state index >= 15 is 0 Å². The van der Waals surface area contributed by atoms with Gasteiger partial charge in [0.1, 0.15) is 19.0 Å². The van der Waals surface area contributed by atoms with Gasteiger partial charge in [0.15, 0.2) is 0 Å². The minimum atomic E-state index is -3.98. The molecule has 242 valence electrons. The predicted molar refractivity (Wildman–Crippen MR) is 154 cm³/mol. The predicted octanol–water partition coefficient (Wildman–Crippen LogP) is -0.103. The van der Waals surface area contributed by atoms with Gasteiger partial charge < -0.3 is 39.8 Å². The molecule has 0 radical (unpaired) electrons. The highest BCUT2D eigenvalue weighted by molar-refractivity contribution is 7.92. The summed E-state index contributed by atoms with van der Waals surface area (Å²) in [6.45, 7) is 1.02. The van der Waals surface area contributed by atoms with Crippen molar-refractivity contribution in [3.63, 3.8) is 0 Å². The number of aromatic nitrogens is 1. The molecule has 0 spiro atoms. The number of carbonyl (C=O) groups is 4. The molecule has 0 saturated heterocycles. The summed E-state index contributed by atoms with van der Waals surface area (Å²) in [6.07, 6.45) is 1.29. The highest BCUT2D eigenvalue weighted by atomic mass is 32.2. The summed E-state index contributed by atoms with van der Waals surface area (Å²) >= 11 is 0. The van der Waals surface area contributed by atoms with Crippen LogP contribution in [0.1, 0.15) is 22.3 Å². The van der Waals surface area contributed by atoms with Crippen molar-refractivity contribution in [1.82, 2.24) is 15.6 Å². The number of aryl methyl sites for hydroxylation is 1. The van der Waals surface area contributed by atoms with Crippen molar-refractivity contribution < 1.29 is 56.8 Å². The van der Waals surface area contributed by atoms with Gasteiger partial charge in [-0.25, -0.2) is 18.2 Å². The summed E-state index contributed by atoms with van der Waals surface area (Å²) in [6, 6.07) is 8.70. The molecule has 0 saturated carbocycles. The Bertz CT molecular complexity index is 1320. The van der Waals surface area contributed by atoms with Crippen LogP contribution >= 0.6 is 0 Å². The number of nitrogens with one attached hydrogen (secondary N) is 3. The lowest BCUT2D eigenvalue weighted by Gasteiger charge is -2.10. The van der Waals surface area contributed by atoms with E-state index in [-0.39, 0.29) is 94.4 Å². The van der Waals surface area contributed by atoms with Gasteiger partial charge in [-0.2, -0.15) is 0 Å². The fourth-order valence-corrected chi connectivity index (χ4v) is 4.40. The van der Waals surface area contributed by atoms with Crippen LogP contribution in [0.25, 0.3) is 0 Å². The lowest BCUT2D eigenvalue weighted by Crippen LogP contribution is -2.31. The number of aliphatic carboxylic acids is 2.